The molecule has 0 atom stereocenters. The first-order chi connectivity index (χ1) is 5.40. The number of hydrogen-bond donors (Lipinski definition) is 1. The van der Waals surface area contributed by atoms with E-state index in [2.05, 4.69) is 21.7 Å². The van der Waals surface area contributed by atoms with Gasteiger partial charge in [-0.3, -0.25) is 0 Å². The van der Waals surface area contributed by atoms with Crippen LogP contribution in [0.3, 0.4) is 0 Å². The van der Waals surface area contributed by atoms with Crippen molar-refractivity contribution in [1.82, 2.24) is 14.6 Å². The fourth-order valence-corrected chi connectivity index (χ4v) is 1.41. The van der Waals surface area contributed by atoms with Crippen molar-refractivity contribution in [2.45, 2.75) is 5.03 Å². The molecule has 0 spiro atoms. The summed E-state index contributed by atoms with van der Waals surface area (Å²) in [6.45, 7) is 0. The normalized spacial score (nSPS) is 10.6. The molecule has 0 saturated heterocycles. The number of hydrogen-bond acceptors (Lipinski definition) is 4. The fraction of sp³-hybridized carbons (Fsp3) is 0. The maximum atomic E-state index is 4.24. The van der Waals surface area contributed by atoms with Crippen LogP contribution in [0.25, 0.3) is 5.65 Å². The van der Waals surface area contributed by atoms with E-state index in [0.29, 0.717) is 0 Å². The molecular formula is C6H5N3S2. The molecule has 2 aromatic heterocycles. The highest BCUT2D eigenvalue weighted by molar-refractivity contribution is 8.68. The molecule has 0 aromatic carbocycles. The second-order valence-corrected chi connectivity index (χ2v) is 3.14. The van der Waals surface area contributed by atoms with Crippen molar-refractivity contribution in [2.24, 2.45) is 0 Å². The van der Waals surface area contributed by atoms with Gasteiger partial charge in [0.05, 0.1) is 6.20 Å². The Hall–Kier alpha value is -0.680. The molecule has 0 N–H and O–H groups in total. The van der Waals surface area contributed by atoms with Gasteiger partial charge in [0, 0.05) is 12.3 Å². The summed E-state index contributed by atoms with van der Waals surface area (Å²) in [7, 11) is 1.33. The summed E-state index contributed by atoms with van der Waals surface area (Å²) in [5.41, 5.74) is 0.851. The molecular weight excluding hydrogens is 178 g/mol. The second-order valence-electron chi connectivity index (χ2n) is 1.99. The zero-order valence-corrected chi connectivity index (χ0v) is 7.22. The second kappa shape index (κ2) is 2.75. The summed E-state index contributed by atoms with van der Waals surface area (Å²) in [6, 6.07) is 3.73. The molecule has 0 aliphatic rings. The first-order valence-electron chi connectivity index (χ1n) is 3.02. The predicted octanol–water partition coefficient (Wildman–Crippen LogP) is 1.67. The van der Waals surface area contributed by atoms with E-state index in [4.69, 9.17) is 0 Å². The average molecular weight is 183 g/mol. The molecule has 0 unspecified atom stereocenters. The molecule has 0 radical (unpaired) electrons. The van der Waals surface area contributed by atoms with E-state index in [9.17, 15) is 0 Å². The highest BCUT2D eigenvalue weighted by Gasteiger charge is 1.95. The van der Waals surface area contributed by atoms with Crippen LogP contribution in [0.4, 0.5) is 0 Å². The van der Waals surface area contributed by atoms with Crippen LogP contribution >= 0.6 is 22.5 Å². The summed E-state index contributed by atoms with van der Waals surface area (Å²) in [4.78, 5) is 4.24. The van der Waals surface area contributed by atoms with Gasteiger partial charge in [0.15, 0.2) is 5.65 Å². The molecule has 0 saturated carbocycles. The maximum absolute atomic E-state index is 4.24. The van der Waals surface area contributed by atoms with Crippen LogP contribution in [-0.4, -0.2) is 14.6 Å². The lowest BCUT2D eigenvalue weighted by Crippen LogP contribution is -1.88. The van der Waals surface area contributed by atoms with E-state index >= 15 is 0 Å². The van der Waals surface area contributed by atoms with Crippen molar-refractivity contribution < 1.29 is 0 Å². The largest absolute Gasteiger partial charge is 0.223 e. The first kappa shape index (κ1) is 7.00. The predicted molar refractivity (Wildman–Crippen MR) is 47.8 cm³/mol. The topological polar surface area (TPSA) is 30.2 Å². The highest BCUT2D eigenvalue weighted by Crippen LogP contribution is 2.18. The van der Waals surface area contributed by atoms with Gasteiger partial charge in [-0.1, -0.05) is 0 Å². The minimum Gasteiger partial charge on any atom is -0.223 e. The minimum absolute atomic E-state index is 0.851. The van der Waals surface area contributed by atoms with Gasteiger partial charge in [0.25, 0.3) is 0 Å². The van der Waals surface area contributed by atoms with Crippen molar-refractivity contribution in [1.29, 1.82) is 0 Å². The Balaban J connectivity index is 2.67. The van der Waals surface area contributed by atoms with Gasteiger partial charge in [-0.25, -0.2) is 9.50 Å². The number of nitrogens with zero attached hydrogens (tertiary/aromatic N) is 3. The van der Waals surface area contributed by atoms with Gasteiger partial charge < -0.3 is 0 Å². The van der Waals surface area contributed by atoms with E-state index in [1.54, 1.807) is 10.7 Å². The van der Waals surface area contributed by atoms with Gasteiger partial charge >= 0.3 is 0 Å². The Morgan fingerprint density at radius 1 is 1.45 bits per heavy atom. The molecule has 0 aliphatic carbocycles. The molecule has 5 heteroatoms. The van der Waals surface area contributed by atoms with E-state index in [0.717, 1.165) is 10.7 Å². The van der Waals surface area contributed by atoms with Crippen LogP contribution in [-0.2, 0) is 0 Å². The van der Waals surface area contributed by atoms with E-state index < -0.39 is 0 Å². The van der Waals surface area contributed by atoms with Crippen molar-refractivity contribution in [3.8, 4) is 0 Å². The summed E-state index contributed by atoms with van der Waals surface area (Å²) >= 11 is 4.04. The Morgan fingerprint density at radius 2 is 2.36 bits per heavy atom. The molecule has 0 aliphatic heterocycles. The van der Waals surface area contributed by atoms with Crippen molar-refractivity contribution in [3.63, 3.8) is 0 Å². The number of thiol groups is 1. The third-order valence-electron chi connectivity index (χ3n) is 1.33. The first-order valence-corrected chi connectivity index (χ1v) is 4.89. The maximum Gasteiger partial charge on any atom is 0.156 e. The summed E-state index contributed by atoms with van der Waals surface area (Å²) in [5.74, 6) is 0. The smallest absolute Gasteiger partial charge is 0.156 e. The van der Waals surface area contributed by atoms with Crippen molar-refractivity contribution in [2.75, 3.05) is 0 Å². The molecule has 2 rings (SSSR count). The lowest BCUT2D eigenvalue weighted by molar-refractivity contribution is 0.916. The quantitative estimate of drug-likeness (QED) is 0.414. The standard InChI is InChI=1S/C6H5N3S2/c10-11-6-2-4-9-5(8-6)1-3-7-9/h1-4,10H. The van der Waals surface area contributed by atoms with Gasteiger partial charge in [-0.2, -0.15) is 5.10 Å². The lowest BCUT2D eigenvalue weighted by atomic mass is 10.6. The van der Waals surface area contributed by atoms with Crippen LogP contribution in [0.2, 0.25) is 0 Å². The van der Waals surface area contributed by atoms with Gasteiger partial charge in [-0.15, -0.1) is 11.7 Å². The molecule has 3 nitrogen and oxygen atoms in total. The van der Waals surface area contributed by atoms with Crippen molar-refractivity contribution >= 4 is 28.1 Å². The molecule has 56 valence electrons. The van der Waals surface area contributed by atoms with Crippen LogP contribution < -0.4 is 0 Å². The van der Waals surface area contributed by atoms with Crippen LogP contribution in [0, 0.1) is 0 Å². The third-order valence-corrected chi connectivity index (χ3v) is 2.30. The minimum atomic E-state index is 0.851. The lowest BCUT2D eigenvalue weighted by Gasteiger charge is -1.94. The van der Waals surface area contributed by atoms with Gasteiger partial charge in [0.1, 0.15) is 5.03 Å². The third kappa shape index (κ3) is 1.21. The van der Waals surface area contributed by atoms with E-state index in [1.165, 1.54) is 10.8 Å². The number of aromatic nitrogens is 3. The molecule has 0 amide bonds. The SMILES string of the molecule is SSc1ccn2nccc2n1. The van der Waals surface area contributed by atoms with E-state index in [1.807, 2.05) is 18.3 Å². The molecule has 2 heterocycles. The highest BCUT2D eigenvalue weighted by atomic mass is 33.1. The summed E-state index contributed by atoms with van der Waals surface area (Å²) in [6.07, 6.45) is 3.58. The van der Waals surface area contributed by atoms with Crippen LogP contribution in [0.5, 0.6) is 0 Å². The Bertz CT molecular complexity index is 371. The Kier molecular flexibility index (Phi) is 1.75. The monoisotopic (exact) mass is 183 g/mol. The number of fused-ring (bicyclic) bond motifs is 1. The molecule has 11 heavy (non-hydrogen) atoms. The van der Waals surface area contributed by atoms with Crippen LogP contribution in [0.1, 0.15) is 0 Å². The van der Waals surface area contributed by atoms with Crippen molar-refractivity contribution in [3.05, 3.63) is 24.5 Å². The zero-order valence-electron chi connectivity index (χ0n) is 5.51. The molecule has 0 fully saturated rings. The van der Waals surface area contributed by atoms with Gasteiger partial charge in [0.2, 0.25) is 0 Å². The van der Waals surface area contributed by atoms with Crippen LogP contribution in [0.15, 0.2) is 29.6 Å². The zero-order chi connectivity index (χ0) is 7.68. The Labute approximate surface area is 72.6 Å². The molecule has 2 aromatic rings. The van der Waals surface area contributed by atoms with Gasteiger partial charge in [-0.05, 0) is 16.9 Å². The molecule has 0 bridgehead atoms. The Morgan fingerprint density at radius 3 is 3.18 bits per heavy atom. The average Bonchev–Trinajstić information content (AvgIpc) is 2.50. The van der Waals surface area contributed by atoms with E-state index in [-0.39, 0.29) is 0 Å². The summed E-state index contributed by atoms with van der Waals surface area (Å²) < 4.78 is 1.72. The summed E-state index contributed by atoms with van der Waals surface area (Å²) in [5, 5.41) is 4.90. The number of rotatable bonds is 1. The fourth-order valence-electron chi connectivity index (χ4n) is 0.846.